The average Bonchev–Trinajstić information content (AvgIpc) is 2.83. The van der Waals surface area contributed by atoms with Gasteiger partial charge in [-0.2, -0.15) is 0 Å². The minimum absolute atomic E-state index is 0.188. The number of nitrogens with zero attached hydrogens (tertiary/aromatic N) is 1. The highest BCUT2D eigenvalue weighted by atomic mass is 32.2. The van der Waals surface area contributed by atoms with E-state index in [2.05, 4.69) is 0 Å². The van der Waals surface area contributed by atoms with Crippen molar-refractivity contribution in [2.75, 3.05) is 18.8 Å². The van der Waals surface area contributed by atoms with Crippen molar-refractivity contribution in [2.45, 2.75) is 33.1 Å². The monoisotopic (exact) mass is 299 g/mol. The van der Waals surface area contributed by atoms with Crippen molar-refractivity contribution in [3.05, 3.63) is 35.1 Å². The normalized spacial score (nSPS) is 20.4. The third-order valence-electron chi connectivity index (χ3n) is 3.85. The van der Waals surface area contributed by atoms with Gasteiger partial charge in [0, 0.05) is 13.1 Å². The van der Waals surface area contributed by atoms with Crippen LogP contribution in [0.2, 0.25) is 0 Å². The van der Waals surface area contributed by atoms with Crippen LogP contribution >= 0.6 is 0 Å². The minimum atomic E-state index is -3.08. The lowest BCUT2D eigenvalue weighted by Crippen LogP contribution is -2.31. The summed E-state index contributed by atoms with van der Waals surface area (Å²) in [7, 11) is -3.08. The van der Waals surface area contributed by atoms with E-state index in [0.29, 0.717) is 31.0 Å². The molecule has 0 radical (unpaired) electrons. The van der Waals surface area contributed by atoms with Crippen LogP contribution < -0.4 is 0 Å². The summed E-state index contributed by atoms with van der Waals surface area (Å²) in [5.74, 6) is 0.383. The lowest BCUT2D eigenvalue weighted by Gasteiger charge is -2.16. The minimum Gasteiger partial charge on any atom is -0.212 e. The van der Waals surface area contributed by atoms with Crippen molar-refractivity contribution < 1.29 is 12.8 Å². The Morgan fingerprint density at radius 3 is 2.80 bits per heavy atom. The molecule has 0 aliphatic carbocycles. The summed E-state index contributed by atoms with van der Waals surface area (Å²) in [4.78, 5) is 0. The quantitative estimate of drug-likeness (QED) is 0.838. The first-order chi connectivity index (χ1) is 9.42. The zero-order valence-electron chi connectivity index (χ0n) is 12.1. The Labute approximate surface area is 120 Å². The molecule has 1 aromatic rings. The maximum atomic E-state index is 13.2. The SMILES string of the molecule is CCCS(=O)(=O)N1CCC(Cc2ccc(F)c(C)c2)C1. The Kier molecular flexibility index (Phi) is 4.81. The van der Waals surface area contributed by atoms with Crippen molar-refractivity contribution in [3.8, 4) is 0 Å². The fourth-order valence-corrected chi connectivity index (χ4v) is 4.37. The number of hydrogen-bond acceptors (Lipinski definition) is 2. The largest absolute Gasteiger partial charge is 0.214 e. The summed E-state index contributed by atoms with van der Waals surface area (Å²) in [6.45, 7) is 4.85. The van der Waals surface area contributed by atoms with Crippen LogP contribution in [0.3, 0.4) is 0 Å². The van der Waals surface area contributed by atoms with Gasteiger partial charge in [-0.05, 0) is 49.3 Å². The molecule has 20 heavy (non-hydrogen) atoms. The van der Waals surface area contributed by atoms with Crippen LogP contribution in [0.4, 0.5) is 4.39 Å². The van der Waals surface area contributed by atoms with E-state index in [1.54, 1.807) is 17.3 Å². The van der Waals surface area contributed by atoms with Gasteiger partial charge in [0.1, 0.15) is 5.82 Å². The van der Waals surface area contributed by atoms with Gasteiger partial charge >= 0.3 is 0 Å². The molecular formula is C15H22FNO2S. The van der Waals surface area contributed by atoms with Gasteiger partial charge in [0.15, 0.2) is 0 Å². The molecule has 5 heteroatoms. The first-order valence-electron chi connectivity index (χ1n) is 7.15. The number of benzene rings is 1. The van der Waals surface area contributed by atoms with Crippen LogP contribution in [-0.4, -0.2) is 31.6 Å². The number of aryl methyl sites for hydroxylation is 1. The van der Waals surface area contributed by atoms with Gasteiger partial charge in [0.05, 0.1) is 5.75 Å². The second-order valence-electron chi connectivity index (χ2n) is 5.62. The zero-order chi connectivity index (χ0) is 14.8. The third-order valence-corrected chi connectivity index (χ3v) is 5.89. The summed E-state index contributed by atoms with van der Waals surface area (Å²) >= 11 is 0. The highest BCUT2D eigenvalue weighted by Gasteiger charge is 2.30. The molecule has 0 saturated carbocycles. The maximum absolute atomic E-state index is 13.2. The second-order valence-corrected chi connectivity index (χ2v) is 7.70. The first-order valence-corrected chi connectivity index (χ1v) is 8.76. The van der Waals surface area contributed by atoms with Crippen molar-refractivity contribution in [3.63, 3.8) is 0 Å². The average molecular weight is 299 g/mol. The highest BCUT2D eigenvalue weighted by molar-refractivity contribution is 7.89. The van der Waals surface area contributed by atoms with Crippen LogP contribution in [-0.2, 0) is 16.4 Å². The first kappa shape index (κ1) is 15.4. The molecule has 1 fully saturated rings. The lowest BCUT2D eigenvalue weighted by atomic mass is 9.97. The molecular weight excluding hydrogens is 277 g/mol. The summed E-state index contributed by atoms with van der Waals surface area (Å²) in [6, 6.07) is 5.15. The number of halogens is 1. The van der Waals surface area contributed by atoms with Gasteiger partial charge in [0.2, 0.25) is 10.0 Å². The molecule has 1 saturated heterocycles. The zero-order valence-corrected chi connectivity index (χ0v) is 12.9. The summed E-state index contributed by atoms with van der Waals surface area (Å²) in [5, 5.41) is 0. The fraction of sp³-hybridized carbons (Fsp3) is 0.600. The Bertz CT molecular complexity index is 571. The standard InChI is InChI=1S/C15H22FNO2S/c1-3-8-20(18,19)17-7-6-14(11-17)10-13-4-5-15(16)12(2)9-13/h4-5,9,14H,3,6-8,10-11H2,1-2H3. The van der Waals surface area contributed by atoms with Gasteiger partial charge in [-0.1, -0.05) is 19.1 Å². The van der Waals surface area contributed by atoms with Crippen molar-refractivity contribution in [2.24, 2.45) is 5.92 Å². The van der Waals surface area contributed by atoms with Crippen molar-refractivity contribution in [1.82, 2.24) is 4.31 Å². The molecule has 1 aromatic carbocycles. The topological polar surface area (TPSA) is 37.4 Å². The molecule has 0 N–H and O–H groups in total. The molecule has 0 bridgehead atoms. The number of hydrogen-bond donors (Lipinski definition) is 0. The van der Waals surface area contributed by atoms with E-state index in [0.717, 1.165) is 18.4 Å². The van der Waals surface area contributed by atoms with Gasteiger partial charge < -0.3 is 0 Å². The van der Waals surface area contributed by atoms with E-state index in [9.17, 15) is 12.8 Å². The van der Waals surface area contributed by atoms with Crippen LogP contribution in [0.15, 0.2) is 18.2 Å². The predicted molar refractivity (Wildman–Crippen MR) is 78.6 cm³/mol. The molecule has 0 spiro atoms. The molecule has 1 atom stereocenters. The molecule has 112 valence electrons. The smallest absolute Gasteiger partial charge is 0.212 e. The summed E-state index contributed by atoms with van der Waals surface area (Å²) < 4.78 is 38.8. The Hall–Kier alpha value is -0.940. The molecule has 0 amide bonds. The van der Waals surface area contributed by atoms with Gasteiger partial charge in [-0.25, -0.2) is 17.1 Å². The molecule has 2 rings (SSSR count). The van der Waals surface area contributed by atoms with E-state index >= 15 is 0 Å². The van der Waals surface area contributed by atoms with E-state index in [1.807, 2.05) is 13.0 Å². The van der Waals surface area contributed by atoms with Gasteiger partial charge in [-0.3, -0.25) is 0 Å². The van der Waals surface area contributed by atoms with Crippen LogP contribution in [0.1, 0.15) is 30.9 Å². The van der Waals surface area contributed by atoms with Crippen LogP contribution in [0, 0.1) is 18.7 Å². The van der Waals surface area contributed by atoms with Gasteiger partial charge in [-0.15, -0.1) is 0 Å². The molecule has 1 aliphatic rings. The summed E-state index contributed by atoms with van der Waals surface area (Å²) in [5.41, 5.74) is 1.74. The number of rotatable bonds is 5. The number of sulfonamides is 1. The second kappa shape index (κ2) is 6.22. The summed E-state index contributed by atoms with van der Waals surface area (Å²) in [6.07, 6.45) is 2.36. The van der Waals surface area contributed by atoms with Crippen molar-refractivity contribution in [1.29, 1.82) is 0 Å². The molecule has 1 heterocycles. The molecule has 1 unspecified atom stereocenters. The Balaban J connectivity index is 1.98. The van der Waals surface area contributed by atoms with E-state index in [4.69, 9.17) is 0 Å². The Morgan fingerprint density at radius 1 is 1.40 bits per heavy atom. The van der Waals surface area contributed by atoms with E-state index in [-0.39, 0.29) is 11.6 Å². The molecule has 0 aromatic heterocycles. The third kappa shape index (κ3) is 3.58. The predicted octanol–water partition coefficient (Wildman–Crippen LogP) is 2.74. The van der Waals surface area contributed by atoms with Crippen molar-refractivity contribution >= 4 is 10.0 Å². The van der Waals surface area contributed by atoms with E-state index in [1.165, 1.54) is 6.07 Å². The van der Waals surface area contributed by atoms with Crippen LogP contribution in [0.25, 0.3) is 0 Å². The Morgan fingerprint density at radius 2 is 2.15 bits per heavy atom. The van der Waals surface area contributed by atoms with E-state index < -0.39 is 10.0 Å². The lowest BCUT2D eigenvalue weighted by molar-refractivity contribution is 0.455. The maximum Gasteiger partial charge on any atom is 0.214 e. The van der Waals surface area contributed by atoms with Crippen LogP contribution in [0.5, 0.6) is 0 Å². The van der Waals surface area contributed by atoms with Gasteiger partial charge in [0.25, 0.3) is 0 Å². The fourth-order valence-electron chi connectivity index (χ4n) is 2.77. The highest BCUT2D eigenvalue weighted by Crippen LogP contribution is 2.24. The molecule has 3 nitrogen and oxygen atoms in total. The molecule has 1 aliphatic heterocycles.